The highest BCUT2D eigenvalue weighted by molar-refractivity contribution is 5.89. The molecule has 7 heteroatoms. The van der Waals surface area contributed by atoms with E-state index in [0.717, 1.165) is 12.8 Å². The van der Waals surface area contributed by atoms with E-state index >= 15 is 0 Å². The molecule has 1 unspecified atom stereocenters. The Morgan fingerprint density at radius 1 is 1.43 bits per heavy atom. The van der Waals surface area contributed by atoms with E-state index in [1.54, 1.807) is 19.1 Å². The lowest BCUT2D eigenvalue weighted by Gasteiger charge is -2.09. The molecular weight excluding hydrogens is 274 g/mol. The molecule has 0 N–H and O–H groups in total. The van der Waals surface area contributed by atoms with Gasteiger partial charge in [-0.25, -0.2) is 9.78 Å². The summed E-state index contributed by atoms with van der Waals surface area (Å²) in [5.74, 6) is 0.823. The second-order valence-electron chi connectivity index (χ2n) is 4.44. The van der Waals surface area contributed by atoms with E-state index in [1.807, 2.05) is 6.92 Å². The van der Waals surface area contributed by atoms with Crippen molar-refractivity contribution in [3.05, 3.63) is 35.6 Å². The van der Waals surface area contributed by atoms with Crippen LogP contribution in [0.2, 0.25) is 0 Å². The Hall–Kier alpha value is -2.44. The van der Waals surface area contributed by atoms with Crippen molar-refractivity contribution >= 4 is 5.97 Å². The highest BCUT2D eigenvalue weighted by atomic mass is 16.6. The van der Waals surface area contributed by atoms with Crippen LogP contribution in [0.25, 0.3) is 0 Å². The molecule has 0 saturated carbocycles. The quantitative estimate of drug-likeness (QED) is 0.755. The van der Waals surface area contributed by atoms with Gasteiger partial charge in [0.2, 0.25) is 5.88 Å². The monoisotopic (exact) mass is 291 g/mol. The van der Waals surface area contributed by atoms with Gasteiger partial charge in [0.25, 0.3) is 5.89 Å². The van der Waals surface area contributed by atoms with E-state index in [0.29, 0.717) is 17.3 Å². The molecule has 0 aromatic carbocycles. The summed E-state index contributed by atoms with van der Waals surface area (Å²) in [6.45, 7) is 3.70. The Morgan fingerprint density at radius 2 is 2.24 bits per heavy atom. The Morgan fingerprint density at radius 3 is 2.86 bits per heavy atom. The zero-order valence-electron chi connectivity index (χ0n) is 12.2. The van der Waals surface area contributed by atoms with Gasteiger partial charge in [-0.1, -0.05) is 12.1 Å². The number of aryl methyl sites for hydroxylation is 1. The van der Waals surface area contributed by atoms with E-state index in [-0.39, 0.29) is 5.89 Å². The lowest BCUT2D eigenvalue weighted by molar-refractivity contribution is 0.0265. The smallest absolute Gasteiger partial charge is 0.340 e. The second kappa shape index (κ2) is 6.83. The van der Waals surface area contributed by atoms with Gasteiger partial charge in [0.15, 0.2) is 11.9 Å². The SMILES string of the molecule is CCCc1noc(C(C)OC(=O)c2ccc(OC)nc2)n1. The van der Waals surface area contributed by atoms with Crippen LogP contribution in [-0.2, 0) is 11.2 Å². The molecule has 0 radical (unpaired) electrons. The zero-order valence-corrected chi connectivity index (χ0v) is 12.2. The topological polar surface area (TPSA) is 87.3 Å². The summed E-state index contributed by atoms with van der Waals surface area (Å²) < 4.78 is 15.3. The van der Waals surface area contributed by atoms with Gasteiger partial charge in [0.1, 0.15) is 0 Å². The van der Waals surface area contributed by atoms with E-state index in [9.17, 15) is 4.79 Å². The minimum Gasteiger partial charge on any atom is -0.481 e. The van der Waals surface area contributed by atoms with Crippen molar-refractivity contribution in [3.63, 3.8) is 0 Å². The number of esters is 1. The normalized spacial score (nSPS) is 12.0. The number of carbonyl (C=O) groups excluding carboxylic acids is 1. The lowest BCUT2D eigenvalue weighted by atomic mass is 10.3. The number of hydrogen-bond acceptors (Lipinski definition) is 7. The van der Waals surface area contributed by atoms with Crippen molar-refractivity contribution in [2.45, 2.75) is 32.8 Å². The van der Waals surface area contributed by atoms with Gasteiger partial charge in [0, 0.05) is 18.7 Å². The van der Waals surface area contributed by atoms with E-state index in [4.69, 9.17) is 14.0 Å². The van der Waals surface area contributed by atoms with Gasteiger partial charge in [-0.05, 0) is 19.4 Å². The summed E-state index contributed by atoms with van der Waals surface area (Å²) in [5, 5.41) is 3.82. The maximum atomic E-state index is 12.0. The molecule has 0 bridgehead atoms. The van der Waals surface area contributed by atoms with Crippen LogP contribution in [-0.4, -0.2) is 28.2 Å². The summed E-state index contributed by atoms with van der Waals surface area (Å²) >= 11 is 0. The summed E-state index contributed by atoms with van der Waals surface area (Å²) in [4.78, 5) is 20.1. The van der Waals surface area contributed by atoms with Crippen molar-refractivity contribution in [3.8, 4) is 5.88 Å². The highest BCUT2D eigenvalue weighted by Gasteiger charge is 2.19. The Balaban J connectivity index is 1.99. The summed E-state index contributed by atoms with van der Waals surface area (Å²) in [6.07, 6.45) is 2.43. The average Bonchev–Trinajstić information content (AvgIpc) is 2.96. The fraction of sp³-hybridized carbons (Fsp3) is 0.429. The number of carbonyl (C=O) groups is 1. The van der Waals surface area contributed by atoms with Crippen LogP contribution in [0.4, 0.5) is 0 Å². The summed E-state index contributed by atoms with van der Waals surface area (Å²) in [7, 11) is 1.51. The lowest BCUT2D eigenvalue weighted by Crippen LogP contribution is -2.10. The highest BCUT2D eigenvalue weighted by Crippen LogP contribution is 2.17. The number of nitrogens with zero attached hydrogens (tertiary/aromatic N) is 3. The van der Waals surface area contributed by atoms with Crippen LogP contribution in [0.5, 0.6) is 5.88 Å². The maximum Gasteiger partial charge on any atom is 0.340 e. The Bertz CT molecular complexity index is 595. The Labute approximate surface area is 122 Å². The van der Waals surface area contributed by atoms with Gasteiger partial charge in [-0.15, -0.1) is 0 Å². The molecule has 0 fully saturated rings. The molecule has 112 valence electrons. The maximum absolute atomic E-state index is 12.0. The molecule has 0 aliphatic carbocycles. The minimum absolute atomic E-state index is 0.285. The molecule has 0 aliphatic rings. The average molecular weight is 291 g/mol. The minimum atomic E-state index is -0.613. The van der Waals surface area contributed by atoms with E-state index < -0.39 is 12.1 Å². The number of ether oxygens (including phenoxy) is 2. The third-order valence-electron chi connectivity index (χ3n) is 2.77. The van der Waals surface area contributed by atoms with Gasteiger partial charge in [-0.3, -0.25) is 0 Å². The largest absolute Gasteiger partial charge is 0.481 e. The number of rotatable bonds is 6. The van der Waals surface area contributed by atoms with Gasteiger partial charge < -0.3 is 14.0 Å². The molecule has 7 nitrogen and oxygen atoms in total. The van der Waals surface area contributed by atoms with Gasteiger partial charge in [-0.2, -0.15) is 4.98 Å². The van der Waals surface area contributed by atoms with Crippen molar-refractivity contribution in [1.29, 1.82) is 0 Å². The standard InChI is InChI=1S/C14H17N3O4/c1-4-5-11-16-13(21-17-11)9(2)20-14(18)10-6-7-12(19-3)15-8-10/h6-9H,4-5H2,1-3H3. The van der Waals surface area contributed by atoms with Crippen LogP contribution in [0, 0.1) is 0 Å². The summed E-state index contributed by atoms with van der Waals surface area (Å²) in [6, 6.07) is 3.17. The molecule has 21 heavy (non-hydrogen) atoms. The van der Waals surface area contributed by atoms with Gasteiger partial charge >= 0.3 is 5.97 Å². The molecule has 2 heterocycles. The molecule has 0 aliphatic heterocycles. The van der Waals surface area contributed by atoms with E-state index in [1.165, 1.54) is 13.3 Å². The predicted molar refractivity (Wildman–Crippen MR) is 72.9 cm³/mol. The molecule has 0 spiro atoms. The molecule has 2 aromatic heterocycles. The van der Waals surface area contributed by atoms with Crippen molar-refractivity contribution < 1.29 is 18.8 Å². The second-order valence-corrected chi connectivity index (χ2v) is 4.44. The van der Waals surface area contributed by atoms with Crippen molar-refractivity contribution in [2.24, 2.45) is 0 Å². The molecule has 2 rings (SSSR count). The van der Waals surface area contributed by atoms with Crippen molar-refractivity contribution in [1.82, 2.24) is 15.1 Å². The van der Waals surface area contributed by atoms with Crippen LogP contribution in [0.1, 0.15) is 48.4 Å². The molecular formula is C14H17N3O4. The molecule has 2 aromatic rings. The number of pyridine rings is 1. The predicted octanol–water partition coefficient (Wildman–Crippen LogP) is 2.34. The molecule has 0 amide bonds. The first-order valence-corrected chi connectivity index (χ1v) is 6.67. The van der Waals surface area contributed by atoms with Crippen LogP contribution in [0.3, 0.4) is 0 Å². The van der Waals surface area contributed by atoms with Crippen molar-refractivity contribution in [2.75, 3.05) is 7.11 Å². The fourth-order valence-corrected chi connectivity index (χ4v) is 1.66. The van der Waals surface area contributed by atoms with Crippen LogP contribution in [0.15, 0.2) is 22.9 Å². The fourth-order valence-electron chi connectivity index (χ4n) is 1.66. The third-order valence-corrected chi connectivity index (χ3v) is 2.77. The number of hydrogen-bond donors (Lipinski definition) is 0. The number of aromatic nitrogens is 3. The first kappa shape index (κ1) is 15.0. The number of methoxy groups -OCH3 is 1. The first-order valence-electron chi connectivity index (χ1n) is 6.67. The molecule has 0 saturated heterocycles. The first-order chi connectivity index (χ1) is 10.1. The Kier molecular flexibility index (Phi) is 4.86. The molecule has 1 atom stereocenters. The zero-order chi connectivity index (χ0) is 15.2. The van der Waals surface area contributed by atoms with Crippen LogP contribution >= 0.6 is 0 Å². The summed E-state index contributed by atoms with van der Waals surface area (Å²) in [5.41, 5.74) is 0.330. The van der Waals surface area contributed by atoms with Crippen LogP contribution < -0.4 is 4.74 Å². The van der Waals surface area contributed by atoms with E-state index in [2.05, 4.69) is 15.1 Å². The third kappa shape index (κ3) is 3.77. The van der Waals surface area contributed by atoms with Gasteiger partial charge in [0.05, 0.1) is 12.7 Å².